The zero-order valence-electron chi connectivity index (χ0n) is 23.7. The Kier molecular flexibility index (Phi) is 13.8. The van der Waals surface area contributed by atoms with Crippen LogP contribution in [0.4, 0.5) is 4.39 Å². The van der Waals surface area contributed by atoms with Gasteiger partial charge in [-0.3, -0.25) is 19.2 Å². The Hall–Kier alpha value is -3.64. The van der Waals surface area contributed by atoms with E-state index in [1.165, 1.54) is 37.4 Å². The summed E-state index contributed by atoms with van der Waals surface area (Å²) in [5.74, 6) is -4.52. The number of ketones is 1. The molecule has 0 aliphatic heterocycles. The van der Waals surface area contributed by atoms with Gasteiger partial charge in [0.1, 0.15) is 17.6 Å². The molecule has 42 heavy (non-hydrogen) atoms. The normalized spacial score (nSPS) is 12.3. The zero-order chi connectivity index (χ0) is 31.4. The van der Waals surface area contributed by atoms with Crippen molar-refractivity contribution in [1.29, 1.82) is 0 Å². The molecule has 0 saturated carbocycles. The Morgan fingerprint density at radius 3 is 2.40 bits per heavy atom. The first-order valence-electron chi connectivity index (χ1n) is 13.1. The van der Waals surface area contributed by atoms with E-state index in [9.17, 15) is 33.5 Å². The predicted octanol–water partition coefficient (Wildman–Crippen LogP) is 3.81. The van der Waals surface area contributed by atoms with E-state index in [1.807, 2.05) is 0 Å². The SMILES string of the molecule is CCOc1ccc(C(=O)OC)cc1CC(=O)NC(C(=O)NC(CC(=O)O)C(=O)CSCc1c(F)cccc1Cl)C(C)C. The van der Waals surface area contributed by atoms with Crippen molar-refractivity contribution >= 4 is 52.9 Å². The number of ether oxygens (including phenoxy) is 2. The van der Waals surface area contributed by atoms with Crippen LogP contribution < -0.4 is 15.4 Å². The summed E-state index contributed by atoms with van der Waals surface area (Å²) >= 11 is 7.05. The highest BCUT2D eigenvalue weighted by molar-refractivity contribution is 7.99. The number of nitrogens with one attached hydrogen (secondary N) is 2. The molecule has 3 N–H and O–H groups in total. The molecule has 2 atom stereocenters. The molecule has 0 saturated heterocycles. The largest absolute Gasteiger partial charge is 0.494 e. The maximum Gasteiger partial charge on any atom is 0.337 e. The van der Waals surface area contributed by atoms with E-state index in [-0.39, 0.29) is 34.1 Å². The summed E-state index contributed by atoms with van der Waals surface area (Å²) in [7, 11) is 1.23. The van der Waals surface area contributed by atoms with E-state index in [0.717, 1.165) is 11.8 Å². The molecule has 2 unspecified atom stereocenters. The third-order valence-electron chi connectivity index (χ3n) is 6.03. The number of aliphatic carboxylic acids is 1. The minimum atomic E-state index is -1.38. The lowest BCUT2D eigenvalue weighted by Gasteiger charge is -2.25. The molecule has 0 heterocycles. The molecule has 228 valence electrons. The highest BCUT2D eigenvalue weighted by Gasteiger charge is 2.30. The fourth-order valence-corrected chi connectivity index (χ4v) is 5.21. The minimum absolute atomic E-state index is 0.0660. The number of methoxy groups -OCH3 is 1. The number of thioether (sulfide) groups is 1. The summed E-state index contributed by atoms with van der Waals surface area (Å²) in [5.41, 5.74) is 0.820. The second-order valence-corrected chi connectivity index (χ2v) is 10.9. The molecule has 0 radical (unpaired) electrons. The Morgan fingerprint density at radius 1 is 1.10 bits per heavy atom. The van der Waals surface area contributed by atoms with E-state index >= 15 is 0 Å². The molecule has 2 aromatic carbocycles. The van der Waals surface area contributed by atoms with Gasteiger partial charge in [0, 0.05) is 21.9 Å². The van der Waals surface area contributed by atoms with Crippen LogP contribution in [0.25, 0.3) is 0 Å². The number of hydrogen-bond acceptors (Lipinski definition) is 8. The van der Waals surface area contributed by atoms with E-state index < -0.39 is 59.8 Å². The van der Waals surface area contributed by atoms with Gasteiger partial charge in [0.2, 0.25) is 11.8 Å². The van der Waals surface area contributed by atoms with Crippen LogP contribution in [0.1, 0.15) is 48.7 Å². The molecule has 0 aliphatic rings. The third-order valence-corrected chi connectivity index (χ3v) is 7.37. The van der Waals surface area contributed by atoms with Gasteiger partial charge in [-0.25, -0.2) is 9.18 Å². The minimum Gasteiger partial charge on any atom is -0.494 e. The topological polar surface area (TPSA) is 148 Å². The molecule has 10 nitrogen and oxygen atoms in total. The van der Waals surface area contributed by atoms with E-state index in [1.54, 1.807) is 26.8 Å². The van der Waals surface area contributed by atoms with Crippen LogP contribution in [-0.2, 0) is 36.1 Å². The van der Waals surface area contributed by atoms with Crippen LogP contribution in [-0.4, -0.2) is 66.2 Å². The van der Waals surface area contributed by atoms with Crippen LogP contribution in [0, 0.1) is 11.7 Å². The Bertz CT molecular complexity index is 1290. The van der Waals surface area contributed by atoms with Gasteiger partial charge in [-0.1, -0.05) is 31.5 Å². The molecule has 0 bridgehead atoms. The van der Waals surface area contributed by atoms with Gasteiger partial charge in [-0.2, -0.15) is 0 Å². The molecule has 0 aromatic heterocycles. The number of carboxylic acids is 1. The smallest absolute Gasteiger partial charge is 0.337 e. The summed E-state index contributed by atoms with van der Waals surface area (Å²) in [4.78, 5) is 62.5. The van der Waals surface area contributed by atoms with Gasteiger partial charge >= 0.3 is 11.9 Å². The molecular weight excluding hydrogens is 591 g/mol. The molecule has 2 rings (SSSR count). The number of esters is 1. The lowest BCUT2D eigenvalue weighted by atomic mass is 10.0. The van der Waals surface area contributed by atoms with E-state index in [0.29, 0.717) is 17.9 Å². The van der Waals surface area contributed by atoms with Gasteiger partial charge in [0.15, 0.2) is 5.78 Å². The molecule has 0 spiro atoms. The van der Waals surface area contributed by atoms with Crippen molar-refractivity contribution in [1.82, 2.24) is 10.6 Å². The second-order valence-electron chi connectivity index (χ2n) is 9.53. The number of carbonyl (C=O) groups excluding carboxylic acids is 4. The Labute approximate surface area is 252 Å². The van der Waals surface area contributed by atoms with Crippen molar-refractivity contribution in [3.63, 3.8) is 0 Å². The number of benzene rings is 2. The quantitative estimate of drug-likeness (QED) is 0.237. The Balaban J connectivity index is 2.12. The number of amides is 2. The third kappa shape index (κ3) is 10.3. The number of carboxylic acid groups (broad SMARTS) is 1. The number of rotatable bonds is 16. The molecule has 0 aliphatic carbocycles. The summed E-state index contributed by atoms with van der Waals surface area (Å²) in [5, 5.41) is 14.6. The van der Waals surface area contributed by atoms with Crippen molar-refractivity contribution in [2.75, 3.05) is 19.5 Å². The summed E-state index contributed by atoms with van der Waals surface area (Å²) in [6, 6.07) is 6.25. The Morgan fingerprint density at radius 2 is 1.81 bits per heavy atom. The molecular formula is C29H34ClFN2O8S. The molecule has 2 aromatic rings. The predicted molar refractivity (Wildman–Crippen MR) is 156 cm³/mol. The summed E-state index contributed by atoms with van der Waals surface area (Å²) < 4.78 is 24.3. The highest BCUT2D eigenvalue weighted by atomic mass is 35.5. The lowest BCUT2D eigenvalue weighted by Crippen LogP contribution is -2.54. The van der Waals surface area contributed by atoms with E-state index in [2.05, 4.69) is 10.6 Å². The fourth-order valence-electron chi connectivity index (χ4n) is 3.90. The first-order valence-corrected chi connectivity index (χ1v) is 14.6. The van der Waals surface area contributed by atoms with Gasteiger partial charge in [-0.05, 0) is 43.2 Å². The second kappa shape index (κ2) is 16.7. The van der Waals surface area contributed by atoms with E-state index in [4.69, 9.17) is 21.1 Å². The summed E-state index contributed by atoms with van der Waals surface area (Å²) in [6.45, 7) is 5.43. The van der Waals surface area contributed by atoms with Crippen LogP contribution in [0.2, 0.25) is 5.02 Å². The van der Waals surface area contributed by atoms with Gasteiger partial charge in [0.05, 0.1) is 43.9 Å². The monoisotopic (exact) mass is 624 g/mol. The number of halogens is 2. The zero-order valence-corrected chi connectivity index (χ0v) is 25.3. The van der Waals surface area contributed by atoms with Gasteiger partial charge in [-0.15, -0.1) is 11.8 Å². The molecule has 13 heteroatoms. The van der Waals surface area contributed by atoms with Crippen molar-refractivity contribution in [3.8, 4) is 5.75 Å². The maximum atomic E-state index is 14.0. The van der Waals surface area contributed by atoms with Crippen molar-refractivity contribution in [2.24, 2.45) is 5.92 Å². The van der Waals surface area contributed by atoms with Crippen molar-refractivity contribution in [3.05, 3.63) is 63.9 Å². The van der Waals surface area contributed by atoms with Gasteiger partial charge in [0.25, 0.3) is 0 Å². The standard InChI is InChI=1S/C29H34ClFN2O8S/c1-5-41-24-10-9-17(29(39)40-4)11-18(24)12-25(35)33-27(16(2)3)28(38)32-22(13-26(36)37)23(34)15-42-14-19-20(30)7-6-8-21(19)31/h6-11,16,22,27H,5,12-15H2,1-4H3,(H,32,38)(H,33,35)(H,36,37). The van der Waals surface area contributed by atoms with Crippen LogP contribution in [0.5, 0.6) is 5.75 Å². The maximum absolute atomic E-state index is 14.0. The first-order chi connectivity index (χ1) is 19.9. The molecule has 2 amide bonds. The first kappa shape index (κ1) is 34.6. The van der Waals surface area contributed by atoms with Crippen molar-refractivity contribution in [2.45, 2.75) is 51.4 Å². The van der Waals surface area contributed by atoms with Crippen LogP contribution in [0.3, 0.4) is 0 Å². The molecule has 0 fully saturated rings. The fraction of sp³-hybridized carbons (Fsp3) is 0.414. The van der Waals surface area contributed by atoms with Crippen LogP contribution in [0.15, 0.2) is 36.4 Å². The number of carbonyl (C=O) groups is 5. The highest BCUT2D eigenvalue weighted by Crippen LogP contribution is 2.24. The summed E-state index contributed by atoms with van der Waals surface area (Å²) in [6.07, 6.45) is -0.911. The number of hydrogen-bond donors (Lipinski definition) is 3. The average Bonchev–Trinajstić information content (AvgIpc) is 2.92. The number of Topliss-reactive ketones (excluding diaryl/α,β-unsaturated/α-hetero) is 1. The average molecular weight is 625 g/mol. The van der Waals surface area contributed by atoms with Crippen molar-refractivity contribution < 1.29 is 42.9 Å². The van der Waals surface area contributed by atoms with Crippen LogP contribution >= 0.6 is 23.4 Å². The lowest BCUT2D eigenvalue weighted by molar-refractivity contribution is -0.140. The van der Waals surface area contributed by atoms with Gasteiger partial charge < -0.3 is 25.2 Å².